The fourth-order valence-electron chi connectivity index (χ4n) is 2.35. The number of carbonyl (C=O) groups excluding carboxylic acids is 1. The van der Waals surface area contributed by atoms with Crippen LogP contribution in [-0.2, 0) is 11.0 Å². The number of rotatable bonds is 7. The monoisotopic (exact) mass is 378 g/mol. The number of alkyl halides is 3. The zero-order valence-corrected chi connectivity index (χ0v) is 15.1. The molecule has 1 amide bonds. The van der Waals surface area contributed by atoms with Gasteiger partial charge >= 0.3 is 6.18 Å². The molecule has 0 aromatic heterocycles. The highest BCUT2D eigenvalue weighted by atomic mass is 19.4. The van der Waals surface area contributed by atoms with Crippen LogP contribution in [0.5, 0.6) is 5.75 Å². The van der Waals surface area contributed by atoms with Crippen LogP contribution in [-0.4, -0.2) is 18.7 Å². The van der Waals surface area contributed by atoms with Gasteiger partial charge in [-0.25, -0.2) is 5.43 Å². The Morgan fingerprint density at radius 1 is 1.19 bits per heavy atom. The summed E-state index contributed by atoms with van der Waals surface area (Å²) in [6, 6.07) is 12.4. The number of nitrogens with one attached hydrogen (secondary N) is 1. The van der Waals surface area contributed by atoms with Gasteiger partial charge in [-0.15, -0.1) is 0 Å². The second-order valence-corrected chi connectivity index (χ2v) is 6.05. The third-order valence-electron chi connectivity index (χ3n) is 4.09. The minimum atomic E-state index is -4.49. The molecule has 1 unspecified atom stereocenters. The van der Waals surface area contributed by atoms with E-state index in [1.807, 2.05) is 12.1 Å². The summed E-state index contributed by atoms with van der Waals surface area (Å²) in [5.74, 6) is 0.404. The van der Waals surface area contributed by atoms with Crippen LogP contribution >= 0.6 is 0 Å². The van der Waals surface area contributed by atoms with E-state index in [1.54, 1.807) is 12.1 Å². The van der Waals surface area contributed by atoms with E-state index in [2.05, 4.69) is 24.4 Å². The summed E-state index contributed by atoms with van der Waals surface area (Å²) in [6.07, 6.45) is -2.50. The number of amides is 1. The summed E-state index contributed by atoms with van der Waals surface area (Å²) in [4.78, 5) is 11.7. The second-order valence-electron chi connectivity index (χ2n) is 6.05. The summed E-state index contributed by atoms with van der Waals surface area (Å²) < 4.78 is 44.0. The summed E-state index contributed by atoms with van der Waals surface area (Å²) in [7, 11) is 0. The van der Waals surface area contributed by atoms with Crippen LogP contribution in [0.1, 0.15) is 42.9 Å². The van der Waals surface area contributed by atoms with Crippen LogP contribution < -0.4 is 10.2 Å². The topological polar surface area (TPSA) is 50.7 Å². The largest absolute Gasteiger partial charge is 0.484 e. The Balaban J connectivity index is 1.87. The molecule has 0 heterocycles. The zero-order chi connectivity index (χ0) is 19.9. The van der Waals surface area contributed by atoms with Crippen molar-refractivity contribution in [2.45, 2.75) is 32.4 Å². The summed E-state index contributed by atoms with van der Waals surface area (Å²) >= 11 is 0. The Morgan fingerprint density at radius 3 is 2.48 bits per heavy atom. The SMILES string of the molecule is CCC(C)c1ccc(OCC(=O)NN=Cc2ccccc2C(F)(F)F)cc1. The van der Waals surface area contributed by atoms with Gasteiger partial charge in [0, 0.05) is 5.56 Å². The molecule has 2 aromatic carbocycles. The Kier molecular flexibility index (Phi) is 6.98. The first kappa shape index (κ1) is 20.5. The van der Waals surface area contributed by atoms with E-state index in [0.29, 0.717) is 11.7 Å². The third-order valence-corrected chi connectivity index (χ3v) is 4.09. The predicted octanol–water partition coefficient (Wildman–Crippen LogP) is 4.75. The average molecular weight is 378 g/mol. The number of hydrogen-bond acceptors (Lipinski definition) is 3. The molecule has 27 heavy (non-hydrogen) atoms. The fourth-order valence-corrected chi connectivity index (χ4v) is 2.35. The lowest BCUT2D eigenvalue weighted by Gasteiger charge is -2.10. The molecule has 0 fully saturated rings. The van der Waals surface area contributed by atoms with Crippen LogP contribution in [0.2, 0.25) is 0 Å². The molecule has 0 radical (unpaired) electrons. The van der Waals surface area contributed by atoms with Crippen molar-refractivity contribution in [3.8, 4) is 5.75 Å². The van der Waals surface area contributed by atoms with Crippen molar-refractivity contribution < 1.29 is 22.7 Å². The highest BCUT2D eigenvalue weighted by Crippen LogP contribution is 2.31. The molecule has 2 aromatic rings. The maximum atomic E-state index is 12.9. The Hall–Kier alpha value is -2.83. The Labute approximate surface area is 156 Å². The number of carbonyl (C=O) groups is 1. The molecule has 1 atom stereocenters. The van der Waals surface area contributed by atoms with Crippen LogP contribution in [0.4, 0.5) is 13.2 Å². The summed E-state index contributed by atoms with van der Waals surface area (Å²) in [6.45, 7) is 3.94. The standard InChI is InChI=1S/C20H21F3N2O2/c1-3-14(2)15-8-10-17(11-9-15)27-13-19(26)25-24-12-16-6-4-5-7-18(16)20(21,22)23/h4-12,14H,3,13H2,1-2H3,(H,25,26). The number of ether oxygens (including phenoxy) is 1. The molecule has 0 aliphatic rings. The average Bonchev–Trinajstić information content (AvgIpc) is 2.65. The molecule has 144 valence electrons. The molecular weight excluding hydrogens is 357 g/mol. The molecule has 4 nitrogen and oxygen atoms in total. The van der Waals surface area contributed by atoms with Gasteiger partial charge in [0.05, 0.1) is 11.8 Å². The quantitative estimate of drug-likeness (QED) is 0.558. The number of halogens is 3. The van der Waals surface area contributed by atoms with Gasteiger partial charge in [0.1, 0.15) is 5.75 Å². The van der Waals surface area contributed by atoms with Crippen LogP contribution in [0, 0.1) is 0 Å². The van der Waals surface area contributed by atoms with Gasteiger partial charge in [-0.1, -0.05) is 44.2 Å². The predicted molar refractivity (Wildman–Crippen MR) is 97.8 cm³/mol. The maximum Gasteiger partial charge on any atom is 0.417 e. The molecule has 0 saturated carbocycles. The normalized spacial score (nSPS) is 12.8. The van der Waals surface area contributed by atoms with Crippen molar-refractivity contribution in [2.75, 3.05) is 6.61 Å². The first-order valence-electron chi connectivity index (χ1n) is 8.52. The molecule has 0 bridgehead atoms. The van der Waals surface area contributed by atoms with Gasteiger partial charge in [0.2, 0.25) is 0 Å². The Morgan fingerprint density at radius 2 is 1.85 bits per heavy atom. The highest BCUT2D eigenvalue weighted by Gasteiger charge is 2.32. The van der Waals surface area contributed by atoms with Gasteiger partial charge in [-0.3, -0.25) is 4.79 Å². The summed E-state index contributed by atoms with van der Waals surface area (Å²) in [5, 5.41) is 3.57. The molecular formula is C20H21F3N2O2. The Bertz CT molecular complexity index is 787. The van der Waals surface area contributed by atoms with E-state index in [-0.39, 0.29) is 12.2 Å². The van der Waals surface area contributed by atoms with Crippen molar-refractivity contribution in [1.82, 2.24) is 5.43 Å². The highest BCUT2D eigenvalue weighted by molar-refractivity contribution is 5.84. The second kappa shape index (κ2) is 9.21. The van der Waals surface area contributed by atoms with Crippen molar-refractivity contribution in [2.24, 2.45) is 5.10 Å². The molecule has 1 N–H and O–H groups in total. The number of hydrazone groups is 1. The van der Waals surface area contributed by atoms with Gasteiger partial charge in [-0.05, 0) is 36.1 Å². The van der Waals surface area contributed by atoms with Crippen molar-refractivity contribution in [3.63, 3.8) is 0 Å². The molecule has 2 rings (SSSR count). The van der Waals surface area contributed by atoms with Crippen molar-refractivity contribution in [3.05, 3.63) is 65.2 Å². The molecule has 7 heteroatoms. The minimum absolute atomic E-state index is 0.133. The molecule has 0 spiro atoms. The van der Waals surface area contributed by atoms with Crippen LogP contribution in [0.25, 0.3) is 0 Å². The number of nitrogens with zero attached hydrogens (tertiary/aromatic N) is 1. The first-order chi connectivity index (χ1) is 12.8. The lowest BCUT2D eigenvalue weighted by molar-refractivity contribution is -0.137. The van der Waals surface area contributed by atoms with E-state index in [0.717, 1.165) is 18.7 Å². The van der Waals surface area contributed by atoms with E-state index in [1.165, 1.54) is 23.8 Å². The van der Waals surface area contributed by atoms with Gasteiger partial charge in [-0.2, -0.15) is 18.3 Å². The summed E-state index contributed by atoms with van der Waals surface area (Å²) in [5.41, 5.74) is 2.39. The molecule has 0 aliphatic carbocycles. The van der Waals surface area contributed by atoms with Gasteiger partial charge in [0.15, 0.2) is 6.61 Å². The zero-order valence-electron chi connectivity index (χ0n) is 15.1. The molecule has 0 aliphatic heterocycles. The number of benzene rings is 2. The van der Waals surface area contributed by atoms with Crippen LogP contribution in [0.3, 0.4) is 0 Å². The van der Waals surface area contributed by atoms with E-state index >= 15 is 0 Å². The minimum Gasteiger partial charge on any atom is -0.484 e. The van der Waals surface area contributed by atoms with Crippen molar-refractivity contribution in [1.29, 1.82) is 0 Å². The maximum absolute atomic E-state index is 12.9. The molecule has 0 saturated heterocycles. The first-order valence-corrected chi connectivity index (χ1v) is 8.52. The van der Waals surface area contributed by atoms with E-state index in [9.17, 15) is 18.0 Å². The van der Waals surface area contributed by atoms with E-state index in [4.69, 9.17) is 4.74 Å². The number of hydrogen-bond donors (Lipinski definition) is 1. The lowest BCUT2D eigenvalue weighted by atomic mass is 9.99. The van der Waals surface area contributed by atoms with Crippen molar-refractivity contribution >= 4 is 12.1 Å². The smallest absolute Gasteiger partial charge is 0.417 e. The van der Waals surface area contributed by atoms with Crippen LogP contribution in [0.15, 0.2) is 53.6 Å². The lowest BCUT2D eigenvalue weighted by Crippen LogP contribution is -2.24. The third kappa shape index (κ3) is 6.13. The van der Waals surface area contributed by atoms with Gasteiger partial charge < -0.3 is 4.74 Å². The van der Waals surface area contributed by atoms with E-state index < -0.39 is 17.6 Å². The fraction of sp³-hybridized carbons (Fsp3) is 0.300. The van der Waals surface area contributed by atoms with Gasteiger partial charge in [0.25, 0.3) is 5.91 Å².